The number of carbonyl (C=O) groups excluding carboxylic acids is 2. The average Bonchev–Trinajstić information content (AvgIpc) is 2.37. The molecule has 1 aliphatic rings. The number of carbonyl (C=O) groups is 2. The Labute approximate surface area is 113 Å². The summed E-state index contributed by atoms with van der Waals surface area (Å²) in [6.45, 7) is 7.53. The van der Waals surface area contributed by atoms with E-state index in [2.05, 4.69) is 25.8 Å². The number of amides is 2. The zero-order chi connectivity index (χ0) is 14.0. The van der Waals surface area contributed by atoms with E-state index in [-0.39, 0.29) is 17.9 Å². The smallest absolute Gasteiger partial charge is 0.246 e. The van der Waals surface area contributed by atoms with Gasteiger partial charge in [0.05, 0.1) is 18.4 Å². The van der Waals surface area contributed by atoms with Crippen LogP contribution in [-0.4, -0.2) is 41.8 Å². The Bertz CT molecular complexity index is 476. The molecule has 1 aromatic rings. The van der Waals surface area contributed by atoms with Gasteiger partial charge in [-0.1, -0.05) is 20.8 Å². The molecule has 1 aromatic heterocycles. The van der Waals surface area contributed by atoms with Crippen LogP contribution in [-0.2, 0) is 15.0 Å². The van der Waals surface area contributed by atoms with Gasteiger partial charge in [-0.15, -0.1) is 0 Å². The summed E-state index contributed by atoms with van der Waals surface area (Å²) in [4.78, 5) is 30.2. The lowest BCUT2D eigenvalue weighted by Gasteiger charge is -2.32. The molecule has 1 saturated heterocycles. The molecule has 2 rings (SSSR count). The Morgan fingerprint density at radius 2 is 2.00 bits per heavy atom. The van der Waals surface area contributed by atoms with Crippen LogP contribution in [0.1, 0.15) is 26.5 Å². The molecule has 1 fully saturated rings. The van der Waals surface area contributed by atoms with Crippen LogP contribution in [0.2, 0.25) is 0 Å². The normalized spacial score (nSPS) is 16.7. The maximum atomic E-state index is 11.9. The van der Waals surface area contributed by atoms with Crippen molar-refractivity contribution < 1.29 is 9.59 Å². The zero-order valence-electron chi connectivity index (χ0n) is 11.6. The van der Waals surface area contributed by atoms with E-state index in [0.29, 0.717) is 13.1 Å². The molecule has 0 unspecified atom stereocenters. The fourth-order valence-electron chi connectivity index (χ4n) is 2.04. The third-order valence-corrected chi connectivity index (χ3v) is 3.23. The number of hydrogen-bond donors (Lipinski definition) is 0. The summed E-state index contributed by atoms with van der Waals surface area (Å²) in [5, 5.41) is 0. The highest BCUT2D eigenvalue weighted by atomic mass is 16.2. The molecule has 5 nitrogen and oxygen atoms in total. The lowest BCUT2D eigenvalue weighted by molar-refractivity contribution is -0.128. The van der Waals surface area contributed by atoms with Crippen molar-refractivity contribution in [2.45, 2.75) is 26.2 Å². The highest BCUT2D eigenvalue weighted by Gasteiger charge is 2.24. The van der Waals surface area contributed by atoms with Crippen molar-refractivity contribution in [3.05, 3.63) is 24.0 Å². The van der Waals surface area contributed by atoms with Gasteiger partial charge in [-0.2, -0.15) is 0 Å². The molecule has 0 aromatic carbocycles. The van der Waals surface area contributed by atoms with Gasteiger partial charge >= 0.3 is 0 Å². The summed E-state index contributed by atoms with van der Waals surface area (Å²) in [5.41, 5.74) is 1.79. The summed E-state index contributed by atoms with van der Waals surface area (Å²) < 4.78 is 0. The molecule has 0 bridgehead atoms. The molecule has 0 saturated carbocycles. The van der Waals surface area contributed by atoms with Gasteiger partial charge in [0.25, 0.3) is 0 Å². The van der Waals surface area contributed by atoms with Crippen LogP contribution >= 0.6 is 0 Å². The number of nitrogens with zero attached hydrogens (tertiary/aromatic N) is 3. The molecule has 19 heavy (non-hydrogen) atoms. The molecule has 0 spiro atoms. The monoisotopic (exact) mass is 261 g/mol. The fourth-order valence-corrected chi connectivity index (χ4v) is 2.04. The van der Waals surface area contributed by atoms with Crippen molar-refractivity contribution in [2.75, 3.05) is 24.5 Å². The van der Waals surface area contributed by atoms with Crippen LogP contribution in [0.3, 0.4) is 0 Å². The van der Waals surface area contributed by atoms with E-state index in [0.717, 1.165) is 17.8 Å². The molecule has 2 amide bonds. The van der Waals surface area contributed by atoms with Crippen LogP contribution in [0, 0.1) is 0 Å². The molecule has 0 N–H and O–H groups in total. The first kappa shape index (κ1) is 13.5. The van der Waals surface area contributed by atoms with Crippen molar-refractivity contribution >= 4 is 18.0 Å². The highest BCUT2D eigenvalue weighted by Crippen LogP contribution is 2.23. The number of rotatable bonds is 2. The first-order valence-electron chi connectivity index (χ1n) is 6.38. The molecular weight excluding hydrogens is 242 g/mol. The molecule has 5 heteroatoms. The molecule has 102 valence electrons. The van der Waals surface area contributed by atoms with Crippen LogP contribution in [0.25, 0.3) is 0 Å². The first-order valence-corrected chi connectivity index (χ1v) is 6.38. The van der Waals surface area contributed by atoms with Gasteiger partial charge in [0.1, 0.15) is 0 Å². The van der Waals surface area contributed by atoms with E-state index >= 15 is 0 Å². The summed E-state index contributed by atoms with van der Waals surface area (Å²) in [7, 11) is 0. The molecule has 0 atom stereocenters. The molecule has 1 aliphatic heterocycles. The number of aromatic nitrogens is 1. The maximum Gasteiger partial charge on any atom is 0.246 e. The van der Waals surface area contributed by atoms with E-state index in [4.69, 9.17) is 0 Å². The second-order valence-corrected chi connectivity index (χ2v) is 5.77. The average molecular weight is 261 g/mol. The summed E-state index contributed by atoms with van der Waals surface area (Å²) in [6.07, 6.45) is 2.45. The van der Waals surface area contributed by atoms with Crippen LogP contribution in [0.4, 0.5) is 5.69 Å². The molecular formula is C14H19N3O2. The van der Waals surface area contributed by atoms with E-state index in [1.54, 1.807) is 11.1 Å². The van der Waals surface area contributed by atoms with Crippen LogP contribution < -0.4 is 4.90 Å². The zero-order valence-corrected chi connectivity index (χ0v) is 11.6. The quantitative estimate of drug-likeness (QED) is 0.751. The topological polar surface area (TPSA) is 53.5 Å². The van der Waals surface area contributed by atoms with E-state index in [1.807, 2.05) is 12.1 Å². The minimum absolute atomic E-state index is 0.00124. The Hall–Kier alpha value is -1.91. The summed E-state index contributed by atoms with van der Waals surface area (Å²) >= 11 is 0. The van der Waals surface area contributed by atoms with Crippen LogP contribution in [0.15, 0.2) is 18.3 Å². The van der Waals surface area contributed by atoms with Gasteiger partial charge in [-0.3, -0.25) is 14.6 Å². The van der Waals surface area contributed by atoms with Gasteiger partial charge in [-0.05, 0) is 12.1 Å². The Morgan fingerprint density at radius 1 is 1.26 bits per heavy atom. The minimum Gasteiger partial charge on any atom is -0.334 e. The number of hydrogen-bond acceptors (Lipinski definition) is 3. The molecule has 2 heterocycles. The SMILES string of the molecule is CC(C)(C)c1ccc(N2CCN(C=O)CC2=O)cn1. The van der Waals surface area contributed by atoms with Gasteiger partial charge in [0, 0.05) is 24.2 Å². The first-order chi connectivity index (χ1) is 8.91. The van der Waals surface area contributed by atoms with Crippen molar-refractivity contribution in [2.24, 2.45) is 0 Å². The molecule has 0 aliphatic carbocycles. The van der Waals surface area contributed by atoms with Crippen molar-refractivity contribution in [1.82, 2.24) is 9.88 Å². The van der Waals surface area contributed by atoms with Gasteiger partial charge in [0.15, 0.2) is 0 Å². The van der Waals surface area contributed by atoms with Crippen molar-refractivity contribution in [1.29, 1.82) is 0 Å². The summed E-state index contributed by atoms with van der Waals surface area (Å²) in [6, 6.07) is 3.87. The third-order valence-electron chi connectivity index (χ3n) is 3.23. The fraction of sp³-hybridized carbons (Fsp3) is 0.500. The van der Waals surface area contributed by atoms with Gasteiger partial charge in [0.2, 0.25) is 12.3 Å². The van der Waals surface area contributed by atoms with Gasteiger partial charge < -0.3 is 9.80 Å². The van der Waals surface area contributed by atoms with Crippen molar-refractivity contribution in [3.8, 4) is 0 Å². The standard InChI is InChI=1S/C14H19N3O2/c1-14(2,3)12-5-4-11(8-15-12)17-7-6-16(10-18)9-13(17)19/h4-5,8,10H,6-7,9H2,1-3H3. The maximum absolute atomic E-state index is 11.9. The van der Waals surface area contributed by atoms with E-state index < -0.39 is 0 Å². The second-order valence-electron chi connectivity index (χ2n) is 5.77. The predicted molar refractivity (Wildman–Crippen MR) is 72.9 cm³/mol. The molecule has 0 radical (unpaired) electrons. The number of pyridine rings is 1. The van der Waals surface area contributed by atoms with Crippen molar-refractivity contribution in [3.63, 3.8) is 0 Å². The van der Waals surface area contributed by atoms with E-state index in [1.165, 1.54) is 4.90 Å². The Balaban J connectivity index is 2.15. The Kier molecular flexibility index (Phi) is 3.55. The van der Waals surface area contributed by atoms with E-state index in [9.17, 15) is 9.59 Å². The minimum atomic E-state index is -0.0661. The Morgan fingerprint density at radius 3 is 2.47 bits per heavy atom. The lowest BCUT2D eigenvalue weighted by Crippen LogP contribution is -2.49. The third kappa shape index (κ3) is 2.92. The number of piperazine rings is 1. The highest BCUT2D eigenvalue weighted by molar-refractivity contribution is 5.96. The van der Waals surface area contributed by atoms with Gasteiger partial charge in [-0.25, -0.2) is 0 Å². The summed E-state index contributed by atoms with van der Waals surface area (Å²) in [5.74, 6) is -0.0661. The predicted octanol–water partition coefficient (Wildman–Crippen LogP) is 1.18. The number of anilines is 1. The lowest BCUT2D eigenvalue weighted by atomic mass is 9.92. The largest absolute Gasteiger partial charge is 0.334 e. The second kappa shape index (κ2) is 4.99. The van der Waals surface area contributed by atoms with Crippen LogP contribution in [0.5, 0.6) is 0 Å².